The minimum absolute atomic E-state index is 0.160. The van der Waals surface area contributed by atoms with Crippen molar-refractivity contribution in [2.75, 3.05) is 6.61 Å². The molecule has 1 aliphatic carbocycles. The number of rotatable bonds is 7. The maximum absolute atomic E-state index is 12.9. The van der Waals surface area contributed by atoms with Gasteiger partial charge < -0.3 is 14.8 Å². The van der Waals surface area contributed by atoms with Crippen molar-refractivity contribution < 1.29 is 23.5 Å². The molecule has 1 saturated carbocycles. The van der Waals surface area contributed by atoms with Crippen LogP contribution in [0.4, 0.5) is 4.39 Å². The molecule has 5 nitrogen and oxygen atoms in total. The van der Waals surface area contributed by atoms with Crippen molar-refractivity contribution in [2.45, 2.75) is 25.0 Å². The summed E-state index contributed by atoms with van der Waals surface area (Å²) in [6.45, 7) is -0.369. The van der Waals surface area contributed by atoms with Crippen LogP contribution < -0.4 is 10.1 Å². The van der Waals surface area contributed by atoms with E-state index in [9.17, 15) is 14.0 Å². The number of ether oxygens (including phenoxy) is 2. The number of amides is 1. The lowest BCUT2D eigenvalue weighted by Crippen LogP contribution is -2.34. The summed E-state index contributed by atoms with van der Waals surface area (Å²) < 4.78 is 23.4. The molecule has 0 unspecified atom stereocenters. The molecule has 0 heterocycles. The molecular weight excluding hydrogens is 325 g/mol. The molecule has 0 saturated heterocycles. The first kappa shape index (κ1) is 17.0. The number of carbonyl (C=O) groups is 2. The van der Waals surface area contributed by atoms with Crippen molar-refractivity contribution in [1.29, 1.82) is 0 Å². The van der Waals surface area contributed by atoms with Crippen molar-refractivity contribution in [3.63, 3.8) is 0 Å². The molecule has 6 heteroatoms. The quantitative estimate of drug-likeness (QED) is 0.785. The van der Waals surface area contributed by atoms with Crippen molar-refractivity contribution in [3.05, 3.63) is 66.0 Å². The molecule has 1 N–H and O–H groups in total. The molecule has 0 aliphatic heterocycles. The van der Waals surface area contributed by atoms with Gasteiger partial charge in [0.2, 0.25) is 6.10 Å². The van der Waals surface area contributed by atoms with E-state index in [0.29, 0.717) is 11.3 Å². The summed E-state index contributed by atoms with van der Waals surface area (Å²) in [7, 11) is 0. The molecule has 1 fully saturated rings. The summed E-state index contributed by atoms with van der Waals surface area (Å²) in [6.07, 6.45) is 0.857. The fourth-order valence-corrected chi connectivity index (χ4v) is 2.24. The van der Waals surface area contributed by atoms with Gasteiger partial charge in [-0.25, -0.2) is 9.18 Å². The molecule has 2 aromatic rings. The zero-order valence-electron chi connectivity index (χ0n) is 13.5. The van der Waals surface area contributed by atoms with Gasteiger partial charge in [-0.1, -0.05) is 30.3 Å². The van der Waals surface area contributed by atoms with E-state index < -0.39 is 17.9 Å². The molecule has 0 bridgehead atoms. The zero-order valence-corrected chi connectivity index (χ0v) is 13.5. The average molecular weight is 343 g/mol. The van der Waals surface area contributed by atoms with Gasteiger partial charge in [-0.05, 0) is 37.1 Å². The van der Waals surface area contributed by atoms with Crippen LogP contribution in [0, 0.1) is 5.82 Å². The Hall–Kier alpha value is -2.89. The van der Waals surface area contributed by atoms with E-state index in [4.69, 9.17) is 9.47 Å². The van der Waals surface area contributed by atoms with Gasteiger partial charge in [0, 0.05) is 11.6 Å². The topological polar surface area (TPSA) is 64.6 Å². The minimum atomic E-state index is -1.02. The summed E-state index contributed by atoms with van der Waals surface area (Å²) in [5, 5.41) is 2.84. The molecule has 0 aromatic heterocycles. The van der Waals surface area contributed by atoms with Crippen molar-refractivity contribution >= 4 is 11.9 Å². The molecule has 130 valence electrons. The van der Waals surface area contributed by atoms with Crippen LogP contribution in [0.3, 0.4) is 0 Å². The number of nitrogens with one attached hydrogen (secondary N) is 1. The second-order valence-corrected chi connectivity index (χ2v) is 5.81. The van der Waals surface area contributed by atoms with E-state index in [1.165, 1.54) is 24.3 Å². The maximum Gasteiger partial charge on any atom is 0.345 e. The molecule has 3 rings (SSSR count). The Kier molecular flexibility index (Phi) is 5.28. The summed E-state index contributed by atoms with van der Waals surface area (Å²) >= 11 is 0. The van der Waals surface area contributed by atoms with Gasteiger partial charge >= 0.3 is 5.97 Å². The van der Waals surface area contributed by atoms with Crippen LogP contribution in [-0.2, 0) is 14.3 Å². The maximum atomic E-state index is 12.9. The van der Waals surface area contributed by atoms with Crippen molar-refractivity contribution in [1.82, 2.24) is 5.32 Å². The third kappa shape index (κ3) is 5.04. The highest BCUT2D eigenvalue weighted by Gasteiger charge is 2.30. The third-order valence-corrected chi connectivity index (χ3v) is 3.68. The molecular formula is C19H18FNO4. The van der Waals surface area contributed by atoms with E-state index in [2.05, 4.69) is 5.32 Å². The lowest BCUT2D eigenvalue weighted by molar-refractivity contribution is -0.158. The number of esters is 1. The van der Waals surface area contributed by atoms with E-state index in [1.54, 1.807) is 24.3 Å². The average Bonchev–Trinajstić information content (AvgIpc) is 3.44. The normalized spacial score (nSPS) is 14.4. The molecule has 1 amide bonds. The summed E-state index contributed by atoms with van der Waals surface area (Å²) in [4.78, 5) is 24.4. The van der Waals surface area contributed by atoms with Crippen LogP contribution in [0.2, 0.25) is 0 Å². The van der Waals surface area contributed by atoms with Gasteiger partial charge in [0.15, 0.2) is 6.61 Å². The smallest absolute Gasteiger partial charge is 0.345 e. The van der Waals surface area contributed by atoms with Crippen LogP contribution in [0.5, 0.6) is 5.75 Å². The lowest BCUT2D eigenvalue weighted by Gasteiger charge is -2.18. The Morgan fingerprint density at radius 2 is 1.76 bits per heavy atom. The molecule has 0 radical (unpaired) electrons. The van der Waals surface area contributed by atoms with Crippen LogP contribution in [-0.4, -0.2) is 24.5 Å². The number of carbonyl (C=O) groups excluding carboxylic acids is 2. The number of hydrogen-bond acceptors (Lipinski definition) is 4. The second-order valence-electron chi connectivity index (χ2n) is 5.81. The predicted molar refractivity (Wildman–Crippen MR) is 88.3 cm³/mol. The number of hydrogen-bond donors (Lipinski definition) is 1. The van der Waals surface area contributed by atoms with E-state index in [0.717, 1.165) is 12.8 Å². The first-order valence-corrected chi connectivity index (χ1v) is 8.05. The molecule has 1 aliphatic rings. The first-order chi connectivity index (χ1) is 12.1. The van der Waals surface area contributed by atoms with Gasteiger partial charge in [0.25, 0.3) is 5.91 Å². The lowest BCUT2D eigenvalue weighted by atomic mass is 10.1. The van der Waals surface area contributed by atoms with Crippen LogP contribution in [0.1, 0.15) is 24.5 Å². The summed E-state index contributed by atoms with van der Waals surface area (Å²) in [5.74, 6) is -1.07. The zero-order chi connectivity index (χ0) is 17.6. The first-order valence-electron chi connectivity index (χ1n) is 8.05. The van der Waals surface area contributed by atoms with Crippen LogP contribution in [0.15, 0.2) is 54.6 Å². The summed E-state index contributed by atoms with van der Waals surface area (Å²) in [6, 6.07) is 14.3. The highest BCUT2D eigenvalue weighted by atomic mass is 19.1. The predicted octanol–water partition coefficient (Wildman–Crippen LogP) is 2.77. The van der Waals surface area contributed by atoms with Crippen molar-refractivity contribution in [3.8, 4) is 5.75 Å². The van der Waals surface area contributed by atoms with Gasteiger partial charge in [-0.15, -0.1) is 0 Å². The van der Waals surface area contributed by atoms with Crippen LogP contribution >= 0.6 is 0 Å². The van der Waals surface area contributed by atoms with Gasteiger partial charge in [0.05, 0.1) is 0 Å². The van der Waals surface area contributed by atoms with E-state index in [1.807, 2.05) is 6.07 Å². The molecule has 0 spiro atoms. The van der Waals surface area contributed by atoms with E-state index >= 15 is 0 Å². The highest BCUT2D eigenvalue weighted by Crippen LogP contribution is 2.23. The highest BCUT2D eigenvalue weighted by molar-refractivity contribution is 5.85. The largest absolute Gasteiger partial charge is 0.482 e. The SMILES string of the molecule is O=C(COc1ccc(F)cc1)O[C@@H](C(=O)NC1CC1)c1ccccc1. The van der Waals surface area contributed by atoms with Gasteiger partial charge in [0.1, 0.15) is 11.6 Å². The Morgan fingerprint density at radius 3 is 2.40 bits per heavy atom. The number of halogens is 1. The summed E-state index contributed by atoms with van der Waals surface area (Å²) in [5.41, 5.74) is 0.593. The van der Waals surface area contributed by atoms with Crippen molar-refractivity contribution in [2.24, 2.45) is 0 Å². The fourth-order valence-electron chi connectivity index (χ4n) is 2.24. The molecule has 2 aromatic carbocycles. The Morgan fingerprint density at radius 1 is 1.08 bits per heavy atom. The van der Waals surface area contributed by atoms with E-state index in [-0.39, 0.29) is 18.6 Å². The Labute approximate surface area is 144 Å². The Balaban J connectivity index is 1.61. The third-order valence-electron chi connectivity index (χ3n) is 3.68. The number of benzene rings is 2. The van der Waals surface area contributed by atoms with Gasteiger partial charge in [-0.3, -0.25) is 4.79 Å². The standard InChI is InChI=1S/C19H18FNO4/c20-14-6-10-16(11-7-14)24-12-17(22)25-18(13-4-2-1-3-5-13)19(23)21-15-8-9-15/h1-7,10-11,15,18H,8-9,12H2,(H,21,23)/t18-/m1/s1. The van der Waals surface area contributed by atoms with Gasteiger partial charge in [-0.2, -0.15) is 0 Å². The molecule has 25 heavy (non-hydrogen) atoms. The minimum Gasteiger partial charge on any atom is -0.482 e. The Bertz CT molecular complexity index is 729. The monoisotopic (exact) mass is 343 g/mol. The molecule has 1 atom stereocenters. The second kappa shape index (κ2) is 7.79. The van der Waals surface area contributed by atoms with Crippen LogP contribution in [0.25, 0.3) is 0 Å². The fraction of sp³-hybridized carbons (Fsp3) is 0.263.